The number of rotatable bonds is 8. The van der Waals surface area contributed by atoms with Gasteiger partial charge in [0.05, 0.1) is 19.0 Å². The molecule has 0 aliphatic heterocycles. The van der Waals surface area contributed by atoms with E-state index < -0.39 is 12.0 Å². The average Bonchev–Trinajstić information content (AvgIpc) is 2.81. The highest BCUT2D eigenvalue weighted by atomic mass is 32.1. The van der Waals surface area contributed by atoms with Crippen molar-refractivity contribution in [1.29, 1.82) is 0 Å². The monoisotopic (exact) mass is 270 g/mol. The fraction of sp³-hybridized carbons (Fsp3) is 0.500. The zero-order valence-corrected chi connectivity index (χ0v) is 11.1. The molecule has 1 heterocycles. The molecule has 6 heteroatoms. The van der Waals surface area contributed by atoms with Gasteiger partial charge in [-0.05, 0) is 24.4 Å². The van der Waals surface area contributed by atoms with E-state index in [4.69, 9.17) is 5.11 Å². The van der Waals surface area contributed by atoms with Gasteiger partial charge in [-0.25, -0.2) is 0 Å². The molecule has 0 radical (unpaired) electrons. The highest BCUT2D eigenvalue weighted by molar-refractivity contribution is 7.10. The molecule has 5 nitrogen and oxygen atoms in total. The Morgan fingerprint density at radius 1 is 1.50 bits per heavy atom. The van der Waals surface area contributed by atoms with E-state index in [1.54, 1.807) is 0 Å². The molecule has 0 spiro atoms. The Kier molecular flexibility index (Phi) is 6.38. The summed E-state index contributed by atoms with van der Waals surface area (Å²) in [6.45, 7) is 3.01. The number of hydrogen-bond acceptors (Lipinski definition) is 4. The van der Waals surface area contributed by atoms with Gasteiger partial charge >= 0.3 is 5.97 Å². The topological polar surface area (TPSA) is 78.4 Å². The third-order valence-corrected chi connectivity index (χ3v) is 3.30. The number of nitrogens with one attached hydrogen (secondary N) is 2. The van der Waals surface area contributed by atoms with Gasteiger partial charge in [0.2, 0.25) is 5.91 Å². The van der Waals surface area contributed by atoms with E-state index in [0.717, 1.165) is 17.8 Å². The molecular weight excluding hydrogens is 252 g/mol. The zero-order chi connectivity index (χ0) is 13.4. The highest BCUT2D eigenvalue weighted by Gasteiger charge is 2.18. The Morgan fingerprint density at radius 3 is 2.83 bits per heavy atom. The van der Waals surface area contributed by atoms with Crippen LogP contribution in [0.25, 0.3) is 0 Å². The molecule has 1 unspecified atom stereocenters. The van der Waals surface area contributed by atoms with E-state index in [-0.39, 0.29) is 18.9 Å². The summed E-state index contributed by atoms with van der Waals surface area (Å²) in [5.74, 6) is -1.10. The van der Waals surface area contributed by atoms with Gasteiger partial charge in [0.25, 0.3) is 0 Å². The molecule has 0 aliphatic rings. The van der Waals surface area contributed by atoms with Crippen molar-refractivity contribution >= 4 is 23.2 Å². The van der Waals surface area contributed by atoms with E-state index in [1.165, 1.54) is 11.3 Å². The molecule has 100 valence electrons. The number of carbonyl (C=O) groups excluding carboxylic acids is 1. The van der Waals surface area contributed by atoms with Crippen molar-refractivity contribution in [1.82, 2.24) is 10.6 Å². The molecule has 1 atom stereocenters. The first-order chi connectivity index (χ1) is 8.63. The van der Waals surface area contributed by atoms with Gasteiger partial charge < -0.3 is 15.7 Å². The van der Waals surface area contributed by atoms with Crippen molar-refractivity contribution in [3.63, 3.8) is 0 Å². The number of carboxylic acids is 1. The van der Waals surface area contributed by atoms with Crippen LogP contribution in [0.5, 0.6) is 0 Å². The van der Waals surface area contributed by atoms with E-state index in [0.29, 0.717) is 0 Å². The van der Waals surface area contributed by atoms with E-state index in [9.17, 15) is 9.59 Å². The number of hydrogen-bond donors (Lipinski definition) is 3. The van der Waals surface area contributed by atoms with Crippen LogP contribution in [0.4, 0.5) is 0 Å². The van der Waals surface area contributed by atoms with Gasteiger partial charge in [-0.1, -0.05) is 13.0 Å². The molecule has 0 fully saturated rings. The molecule has 0 bridgehead atoms. The van der Waals surface area contributed by atoms with Gasteiger partial charge in [-0.2, -0.15) is 0 Å². The normalized spacial score (nSPS) is 12.1. The summed E-state index contributed by atoms with van der Waals surface area (Å²) in [5, 5.41) is 16.4. The fourth-order valence-electron chi connectivity index (χ4n) is 1.51. The maximum Gasteiger partial charge on any atom is 0.305 e. The first-order valence-electron chi connectivity index (χ1n) is 5.88. The Bertz CT molecular complexity index is 379. The summed E-state index contributed by atoms with van der Waals surface area (Å²) in [4.78, 5) is 23.3. The van der Waals surface area contributed by atoms with Crippen LogP contribution in [-0.2, 0) is 9.59 Å². The number of carboxylic acid groups (broad SMARTS) is 1. The summed E-state index contributed by atoms with van der Waals surface area (Å²) in [7, 11) is 0. The minimum atomic E-state index is -0.921. The van der Waals surface area contributed by atoms with Gasteiger partial charge in [0.15, 0.2) is 0 Å². The molecule has 0 saturated carbocycles. The van der Waals surface area contributed by atoms with E-state index in [2.05, 4.69) is 10.6 Å². The lowest BCUT2D eigenvalue weighted by Gasteiger charge is -2.15. The largest absolute Gasteiger partial charge is 0.481 e. The lowest BCUT2D eigenvalue weighted by atomic mass is 10.1. The van der Waals surface area contributed by atoms with Crippen molar-refractivity contribution < 1.29 is 14.7 Å². The molecule has 0 aliphatic carbocycles. The van der Waals surface area contributed by atoms with Crippen LogP contribution in [0, 0.1) is 0 Å². The van der Waals surface area contributed by atoms with E-state index >= 15 is 0 Å². The second-order valence-electron chi connectivity index (χ2n) is 3.91. The molecule has 0 aromatic carbocycles. The van der Waals surface area contributed by atoms with Crippen molar-refractivity contribution in [2.24, 2.45) is 0 Å². The average molecular weight is 270 g/mol. The molecule has 0 saturated heterocycles. The molecule has 1 aromatic rings. The molecular formula is C12H18N2O3S. The number of carbonyl (C=O) groups is 2. The Morgan fingerprint density at radius 2 is 2.28 bits per heavy atom. The zero-order valence-electron chi connectivity index (χ0n) is 10.3. The van der Waals surface area contributed by atoms with Gasteiger partial charge in [-0.15, -0.1) is 11.3 Å². The van der Waals surface area contributed by atoms with Crippen LogP contribution in [-0.4, -0.2) is 30.1 Å². The second kappa shape index (κ2) is 7.84. The summed E-state index contributed by atoms with van der Waals surface area (Å²) in [6, 6.07) is 3.23. The standard InChI is InChI=1S/C12H18N2O3S/c1-2-5-13-8-11(15)14-9(7-12(16)17)10-4-3-6-18-10/h3-4,6,9,13H,2,5,7-8H2,1H3,(H,14,15)(H,16,17). The predicted molar refractivity (Wildman–Crippen MR) is 70.6 cm³/mol. The van der Waals surface area contributed by atoms with Gasteiger partial charge in [0, 0.05) is 4.88 Å². The summed E-state index contributed by atoms with van der Waals surface area (Å²) in [5.41, 5.74) is 0. The Hall–Kier alpha value is -1.40. The van der Waals surface area contributed by atoms with E-state index in [1.807, 2.05) is 24.4 Å². The van der Waals surface area contributed by atoms with Crippen LogP contribution in [0.2, 0.25) is 0 Å². The number of amides is 1. The van der Waals surface area contributed by atoms with Crippen molar-refractivity contribution in [2.45, 2.75) is 25.8 Å². The van der Waals surface area contributed by atoms with Crippen molar-refractivity contribution in [3.8, 4) is 0 Å². The smallest absolute Gasteiger partial charge is 0.305 e. The van der Waals surface area contributed by atoms with Crippen molar-refractivity contribution in [2.75, 3.05) is 13.1 Å². The van der Waals surface area contributed by atoms with Crippen LogP contribution in [0.15, 0.2) is 17.5 Å². The first kappa shape index (κ1) is 14.7. The van der Waals surface area contributed by atoms with Crippen molar-refractivity contribution in [3.05, 3.63) is 22.4 Å². The minimum Gasteiger partial charge on any atom is -0.481 e. The SMILES string of the molecule is CCCNCC(=O)NC(CC(=O)O)c1cccs1. The third kappa shape index (κ3) is 5.29. The maximum atomic E-state index is 11.6. The van der Waals surface area contributed by atoms with Crippen LogP contribution in [0.3, 0.4) is 0 Å². The quantitative estimate of drug-likeness (QED) is 0.624. The predicted octanol–water partition coefficient (Wildman–Crippen LogP) is 1.38. The maximum absolute atomic E-state index is 11.6. The number of thiophene rings is 1. The van der Waals surface area contributed by atoms with Crippen LogP contribution in [0.1, 0.15) is 30.7 Å². The second-order valence-corrected chi connectivity index (χ2v) is 4.89. The first-order valence-corrected chi connectivity index (χ1v) is 6.76. The molecule has 3 N–H and O–H groups in total. The lowest BCUT2D eigenvalue weighted by molar-refractivity contribution is -0.137. The molecule has 1 aromatic heterocycles. The lowest BCUT2D eigenvalue weighted by Crippen LogP contribution is -2.37. The minimum absolute atomic E-state index is 0.0972. The highest BCUT2D eigenvalue weighted by Crippen LogP contribution is 2.21. The molecule has 1 amide bonds. The fourth-order valence-corrected chi connectivity index (χ4v) is 2.29. The Balaban J connectivity index is 2.51. The third-order valence-electron chi connectivity index (χ3n) is 2.31. The van der Waals surface area contributed by atoms with Crippen LogP contribution >= 0.6 is 11.3 Å². The molecule has 1 rings (SSSR count). The van der Waals surface area contributed by atoms with Crippen LogP contribution < -0.4 is 10.6 Å². The molecule has 18 heavy (non-hydrogen) atoms. The van der Waals surface area contributed by atoms with Gasteiger partial charge in [0.1, 0.15) is 0 Å². The number of aliphatic carboxylic acids is 1. The Labute approximate surface area is 110 Å². The summed E-state index contributed by atoms with van der Waals surface area (Å²) >= 11 is 1.44. The summed E-state index contributed by atoms with van der Waals surface area (Å²) < 4.78 is 0. The summed E-state index contributed by atoms with van der Waals surface area (Å²) in [6.07, 6.45) is 0.858. The van der Waals surface area contributed by atoms with Gasteiger partial charge in [-0.3, -0.25) is 9.59 Å².